The molecule has 6 heteroatoms. The van der Waals surface area contributed by atoms with Gasteiger partial charge in [-0.3, -0.25) is 4.99 Å². The van der Waals surface area contributed by atoms with Crippen LogP contribution >= 0.6 is 24.0 Å². The second-order valence-electron chi connectivity index (χ2n) is 8.26. The SMILES string of the molecule is CCNC(=NCCN(C)C1CCCC1)N1CCC(COCc2ccccc2)C1.I. The molecule has 1 atom stereocenters. The maximum atomic E-state index is 5.97. The van der Waals surface area contributed by atoms with Gasteiger partial charge in [-0.1, -0.05) is 43.2 Å². The molecule has 2 fully saturated rings. The fraction of sp³-hybridized carbons (Fsp3) is 0.696. The minimum absolute atomic E-state index is 0. The highest BCUT2D eigenvalue weighted by atomic mass is 127. The molecular weight excluding hydrogens is 475 g/mol. The predicted molar refractivity (Wildman–Crippen MR) is 132 cm³/mol. The van der Waals surface area contributed by atoms with Crippen LogP contribution in [0.2, 0.25) is 0 Å². The van der Waals surface area contributed by atoms with E-state index in [-0.39, 0.29) is 24.0 Å². The molecule has 1 heterocycles. The Morgan fingerprint density at radius 3 is 2.69 bits per heavy atom. The lowest BCUT2D eigenvalue weighted by Gasteiger charge is -2.24. The fourth-order valence-electron chi connectivity index (χ4n) is 4.35. The van der Waals surface area contributed by atoms with Crippen LogP contribution < -0.4 is 5.32 Å². The summed E-state index contributed by atoms with van der Waals surface area (Å²) in [6, 6.07) is 11.2. The Balaban J connectivity index is 0.00000300. The van der Waals surface area contributed by atoms with Crippen LogP contribution in [0, 0.1) is 5.92 Å². The Bertz CT molecular complexity index is 592. The lowest BCUT2D eigenvalue weighted by atomic mass is 10.1. The Morgan fingerprint density at radius 2 is 1.97 bits per heavy atom. The summed E-state index contributed by atoms with van der Waals surface area (Å²) in [5, 5.41) is 3.49. The van der Waals surface area contributed by atoms with Crippen molar-refractivity contribution in [1.82, 2.24) is 15.1 Å². The molecule has 164 valence electrons. The molecule has 29 heavy (non-hydrogen) atoms. The van der Waals surface area contributed by atoms with E-state index in [0.29, 0.717) is 12.5 Å². The van der Waals surface area contributed by atoms with Gasteiger partial charge < -0.3 is 19.9 Å². The first-order chi connectivity index (χ1) is 13.8. The van der Waals surface area contributed by atoms with Gasteiger partial charge in [0.15, 0.2) is 5.96 Å². The van der Waals surface area contributed by atoms with Crippen LogP contribution in [0.5, 0.6) is 0 Å². The molecule has 0 aromatic heterocycles. The zero-order valence-corrected chi connectivity index (χ0v) is 20.5. The van der Waals surface area contributed by atoms with Crippen molar-refractivity contribution in [1.29, 1.82) is 0 Å². The molecule has 0 spiro atoms. The first-order valence-corrected chi connectivity index (χ1v) is 11.1. The normalized spacial score (nSPS) is 20.3. The monoisotopic (exact) mass is 514 g/mol. The average Bonchev–Trinajstić information content (AvgIpc) is 3.40. The van der Waals surface area contributed by atoms with Gasteiger partial charge >= 0.3 is 0 Å². The van der Waals surface area contributed by atoms with Crippen LogP contribution in [0.4, 0.5) is 0 Å². The van der Waals surface area contributed by atoms with Gasteiger partial charge in [-0.15, -0.1) is 24.0 Å². The molecule has 1 unspecified atom stereocenters. The van der Waals surface area contributed by atoms with Crippen molar-refractivity contribution in [3.8, 4) is 0 Å². The van der Waals surface area contributed by atoms with E-state index in [9.17, 15) is 0 Å². The first kappa shape index (κ1) is 24.4. The second kappa shape index (κ2) is 13.4. The maximum Gasteiger partial charge on any atom is 0.193 e. The Morgan fingerprint density at radius 1 is 1.21 bits per heavy atom. The van der Waals surface area contributed by atoms with Crippen molar-refractivity contribution in [3.63, 3.8) is 0 Å². The summed E-state index contributed by atoms with van der Waals surface area (Å²) in [4.78, 5) is 9.83. The van der Waals surface area contributed by atoms with Gasteiger partial charge in [0.2, 0.25) is 0 Å². The van der Waals surface area contributed by atoms with Gasteiger partial charge in [-0.05, 0) is 38.8 Å². The van der Waals surface area contributed by atoms with E-state index >= 15 is 0 Å². The summed E-state index contributed by atoms with van der Waals surface area (Å²) >= 11 is 0. The number of hydrogen-bond donors (Lipinski definition) is 1. The zero-order chi connectivity index (χ0) is 19.6. The largest absolute Gasteiger partial charge is 0.376 e. The Labute approximate surface area is 194 Å². The summed E-state index contributed by atoms with van der Waals surface area (Å²) in [7, 11) is 2.26. The van der Waals surface area contributed by atoms with Crippen LogP contribution in [-0.2, 0) is 11.3 Å². The molecule has 1 saturated carbocycles. The van der Waals surface area contributed by atoms with Crippen molar-refractivity contribution in [2.75, 3.05) is 46.4 Å². The zero-order valence-electron chi connectivity index (χ0n) is 18.2. The molecule has 1 aromatic rings. The van der Waals surface area contributed by atoms with Gasteiger partial charge in [-0.25, -0.2) is 0 Å². The summed E-state index contributed by atoms with van der Waals surface area (Å²) in [5.74, 6) is 1.67. The van der Waals surface area contributed by atoms with Crippen LogP contribution in [-0.4, -0.2) is 68.2 Å². The highest BCUT2D eigenvalue weighted by molar-refractivity contribution is 14.0. The molecule has 0 amide bonds. The third-order valence-electron chi connectivity index (χ3n) is 6.05. The predicted octanol–water partition coefficient (Wildman–Crippen LogP) is 3.98. The van der Waals surface area contributed by atoms with Crippen LogP contribution in [0.1, 0.15) is 44.6 Å². The first-order valence-electron chi connectivity index (χ1n) is 11.1. The quantitative estimate of drug-likeness (QED) is 0.308. The summed E-state index contributed by atoms with van der Waals surface area (Å²) in [6.45, 7) is 8.65. The van der Waals surface area contributed by atoms with Crippen LogP contribution in [0.15, 0.2) is 35.3 Å². The number of nitrogens with one attached hydrogen (secondary N) is 1. The topological polar surface area (TPSA) is 40.1 Å². The molecule has 1 aliphatic heterocycles. The van der Waals surface area contributed by atoms with Crippen molar-refractivity contribution in [3.05, 3.63) is 35.9 Å². The molecule has 0 radical (unpaired) electrons. The third kappa shape index (κ3) is 8.06. The molecule has 0 bridgehead atoms. The highest BCUT2D eigenvalue weighted by Crippen LogP contribution is 2.22. The summed E-state index contributed by atoms with van der Waals surface area (Å²) in [6.07, 6.45) is 6.68. The second-order valence-corrected chi connectivity index (χ2v) is 8.26. The average molecular weight is 514 g/mol. The lowest BCUT2D eigenvalue weighted by Crippen LogP contribution is -2.41. The number of ether oxygens (including phenoxy) is 1. The van der Waals surface area contributed by atoms with Crippen molar-refractivity contribution in [2.24, 2.45) is 10.9 Å². The van der Waals surface area contributed by atoms with Crippen LogP contribution in [0.3, 0.4) is 0 Å². The van der Waals surface area contributed by atoms with E-state index in [1.807, 2.05) is 6.07 Å². The molecule has 1 saturated heterocycles. The van der Waals surface area contributed by atoms with Gasteiger partial charge in [0.25, 0.3) is 0 Å². The lowest BCUT2D eigenvalue weighted by molar-refractivity contribution is 0.0906. The minimum Gasteiger partial charge on any atom is -0.376 e. The van der Waals surface area contributed by atoms with E-state index in [1.165, 1.54) is 37.7 Å². The molecular formula is C23H39IN4O. The third-order valence-corrected chi connectivity index (χ3v) is 6.05. The van der Waals surface area contributed by atoms with Crippen LogP contribution in [0.25, 0.3) is 0 Å². The Kier molecular flexibility index (Phi) is 11.3. The number of likely N-dealkylation sites (N-methyl/N-ethyl adjacent to an activating group) is 1. The van der Waals surface area contributed by atoms with E-state index in [0.717, 1.165) is 51.3 Å². The number of aliphatic imine (C=N–C) groups is 1. The van der Waals surface area contributed by atoms with Gasteiger partial charge in [-0.2, -0.15) is 0 Å². The number of hydrogen-bond acceptors (Lipinski definition) is 3. The minimum atomic E-state index is 0. The number of nitrogens with zero attached hydrogens (tertiary/aromatic N) is 3. The van der Waals surface area contributed by atoms with Gasteiger partial charge in [0, 0.05) is 38.1 Å². The smallest absolute Gasteiger partial charge is 0.193 e. The Hall–Kier alpha value is -0.860. The number of guanidine groups is 1. The standard InChI is InChI=1S/C23H38N4O.HI/c1-3-24-23(25-14-16-26(2)22-11-7-8-12-22)27-15-13-21(17-27)19-28-18-20-9-5-4-6-10-20;/h4-6,9-10,21-22H,3,7-8,11-19H2,1-2H3,(H,24,25);1H. The van der Waals surface area contributed by atoms with E-state index < -0.39 is 0 Å². The van der Waals surface area contributed by atoms with Gasteiger partial charge in [0.05, 0.1) is 19.8 Å². The summed E-state index contributed by atoms with van der Waals surface area (Å²) in [5.41, 5.74) is 1.25. The number of likely N-dealkylation sites (tertiary alicyclic amines) is 1. The molecule has 1 aliphatic carbocycles. The van der Waals surface area contributed by atoms with Crippen molar-refractivity contribution in [2.45, 2.75) is 51.7 Å². The van der Waals surface area contributed by atoms with E-state index in [4.69, 9.17) is 9.73 Å². The number of halogens is 1. The van der Waals surface area contributed by atoms with Crippen molar-refractivity contribution >= 4 is 29.9 Å². The maximum absolute atomic E-state index is 5.97. The number of benzene rings is 1. The van der Waals surface area contributed by atoms with Crippen molar-refractivity contribution < 1.29 is 4.74 Å². The summed E-state index contributed by atoms with van der Waals surface area (Å²) < 4.78 is 5.97. The van der Waals surface area contributed by atoms with Gasteiger partial charge in [0.1, 0.15) is 0 Å². The van der Waals surface area contributed by atoms with E-state index in [2.05, 4.69) is 53.4 Å². The number of rotatable bonds is 9. The molecule has 1 N–H and O–H groups in total. The van der Waals surface area contributed by atoms with E-state index in [1.54, 1.807) is 0 Å². The fourth-order valence-corrected chi connectivity index (χ4v) is 4.35. The molecule has 3 rings (SSSR count). The molecule has 1 aromatic carbocycles. The highest BCUT2D eigenvalue weighted by Gasteiger charge is 2.25. The molecule has 2 aliphatic rings. The molecule has 5 nitrogen and oxygen atoms in total.